The van der Waals surface area contributed by atoms with Gasteiger partial charge in [0, 0.05) is 17.0 Å². The molecule has 0 saturated carbocycles. The summed E-state index contributed by atoms with van der Waals surface area (Å²) in [7, 11) is 0. The molecule has 1 unspecified atom stereocenters. The Morgan fingerprint density at radius 2 is 1.95 bits per heavy atom. The zero-order chi connectivity index (χ0) is 15.5. The van der Waals surface area contributed by atoms with Gasteiger partial charge in [0.15, 0.2) is 0 Å². The molecular weight excluding hydrogens is 298 g/mol. The summed E-state index contributed by atoms with van der Waals surface area (Å²) in [5.41, 5.74) is 1.85. The number of carbonyl (C=O) groups is 1. The molecule has 0 aliphatic heterocycles. The van der Waals surface area contributed by atoms with Gasteiger partial charge in [-0.25, -0.2) is 0 Å². The highest BCUT2D eigenvalue weighted by molar-refractivity contribution is 6.31. The Labute approximate surface area is 133 Å². The highest BCUT2D eigenvalue weighted by Gasteiger charge is 2.17. The number of aromatic nitrogens is 2. The molecule has 0 aliphatic rings. The number of halogens is 1. The van der Waals surface area contributed by atoms with Gasteiger partial charge in [0.2, 0.25) is 5.91 Å². The number of fused-ring (bicyclic) bond motifs is 1. The monoisotopic (exact) mass is 313 g/mol. The zero-order valence-electron chi connectivity index (χ0n) is 12.2. The quantitative estimate of drug-likeness (QED) is 0.800. The molecule has 0 spiro atoms. The van der Waals surface area contributed by atoms with Gasteiger partial charge in [-0.1, -0.05) is 48.0 Å². The summed E-state index contributed by atoms with van der Waals surface area (Å²) in [5.74, 6) is -0.0891. The molecule has 22 heavy (non-hydrogen) atoms. The average molecular weight is 314 g/mol. The van der Waals surface area contributed by atoms with Crippen LogP contribution in [0.3, 0.4) is 0 Å². The van der Waals surface area contributed by atoms with Gasteiger partial charge in [0.1, 0.15) is 6.04 Å². The summed E-state index contributed by atoms with van der Waals surface area (Å²) in [6.45, 7) is 2.24. The molecule has 0 radical (unpaired) electrons. The van der Waals surface area contributed by atoms with Crippen LogP contribution in [0.1, 0.15) is 18.5 Å². The van der Waals surface area contributed by atoms with Gasteiger partial charge in [-0.05, 0) is 24.6 Å². The Kier molecular flexibility index (Phi) is 4.11. The highest BCUT2D eigenvalue weighted by Crippen LogP contribution is 2.18. The predicted octanol–water partition coefficient (Wildman–Crippen LogP) is 3.57. The van der Waals surface area contributed by atoms with Gasteiger partial charge in [-0.3, -0.25) is 9.48 Å². The molecule has 1 heterocycles. The van der Waals surface area contributed by atoms with Gasteiger partial charge in [-0.2, -0.15) is 5.10 Å². The molecule has 1 amide bonds. The third kappa shape index (κ3) is 2.83. The lowest BCUT2D eigenvalue weighted by molar-refractivity contribution is -0.124. The molecule has 0 saturated heterocycles. The Morgan fingerprint density at radius 3 is 2.77 bits per heavy atom. The molecule has 2 aromatic carbocycles. The Hall–Kier alpha value is -2.33. The van der Waals surface area contributed by atoms with Crippen LogP contribution in [0.25, 0.3) is 10.9 Å². The molecule has 112 valence electrons. The van der Waals surface area contributed by atoms with Crippen LogP contribution >= 0.6 is 11.6 Å². The third-order valence-electron chi connectivity index (χ3n) is 3.66. The van der Waals surface area contributed by atoms with Crippen LogP contribution in [0.4, 0.5) is 0 Å². The van der Waals surface area contributed by atoms with E-state index in [1.807, 2.05) is 55.5 Å². The summed E-state index contributed by atoms with van der Waals surface area (Å²) in [5, 5.41) is 8.90. The molecule has 3 aromatic rings. The zero-order valence-corrected chi connectivity index (χ0v) is 12.9. The fourth-order valence-electron chi connectivity index (χ4n) is 2.38. The average Bonchev–Trinajstić information content (AvgIpc) is 2.97. The van der Waals surface area contributed by atoms with E-state index in [0.29, 0.717) is 11.6 Å². The van der Waals surface area contributed by atoms with Crippen LogP contribution in [0, 0.1) is 0 Å². The van der Waals surface area contributed by atoms with E-state index in [-0.39, 0.29) is 11.9 Å². The van der Waals surface area contributed by atoms with Crippen molar-refractivity contribution in [1.82, 2.24) is 15.1 Å². The van der Waals surface area contributed by atoms with E-state index < -0.39 is 0 Å². The number of hydrogen-bond acceptors (Lipinski definition) is 2. The van der Waals surface area contributed by atoms with E-state index in [1.54, 1.807) is 10.9 Å². The highest BCUT2D eigenvalue weighted by atomic mass is 35.5. The van der Waals surface area contributed by atoms with E-state index >= 15 is 0 Å². The standard InChI is InChI=1S/C17H16ClN3O/c1-12(21-16-9-5-3-7-14(16)11-20-21)17(22)19-10-13-6-2-4-8-15(13)18/h2-9,11-12H,10H2,1H3,(H,19,22). The van der Waals surface area contributed by atoms with Crippen molar-refractivity contribution in [2.24, 2.45) is 0 Å². The smallest absolute Gasteiger partial charge is 0.244 e. The minimum atomic E-state index is -0.387. The van der Waals surface area contributed by atoms with Gasteiger partial charge in [0.05, 0.1) is 11.7 Å². The van der Waals surface area contributed by atoms with Crippen LogP contribution in [0.15, 0.2) is 54.7 Å². The molecule has 5 heteroatoms. The molecule has 3 rings (SSSR count). The number of amides is 1. The lowest BCUT2D eigenvalue weighted by Gasteiger charge is -2.14. The van der Waals surface area contributed by atoms with Crippen molar-refractivity contribution in [2.45, 2.75) is 19.5 Å². The minimum absolute atomic E-state index is 0.0891. The lowest BCUT2D eigenvalue weighted by atomic mass is 10.2. The maximum absolute atomic E-state index is 12.4. The number of benzene rings is 2. The fraction of sp³-hybridized carbons (Fsp3) is 0.176. The number of nitrogens with zero attached hydrogens (tertiary/aromatic N) is 2. The van der Waals surface area contributed by atoms with Crippen molar-refractivity contribution in [1.29, 1.82) is 0 Å². The number of para-hydroxylation sites is 1. The molecule has 0 fully saturated rings. The minimum Gasteiger partial charge on any atom is -0.350 e. The third-order valence-corrected chi connectivity index (χ3v) is 4.03. The second-order valence-corrected chi connectivity index (χ2v) is 5.54. The van der Waals surface area contributed by atoms with Crippen LogP contribution in [-0.4, -0.2) is 15.7 Å². The second kappa shape index (κ2) is 6.20. The van der Waals surface area contributed by atoms with Gasteiger partial charge >= 0.3 is 0 Å². The molecule has 0 aliphatic carbocycles. The molecule has 4 nitrogen and oxygen atoms in total. The number of carbonyl (C=O) groups excluding carboxylic acids is 1. The number of hydrogen-bond donors (Lipinski definition) is 1. The molecule has 0 bridgehead atoms. The van der Waals surface area contributed by atoms with Crippen molar-refractivity contribution in [3.8, 4) is 0 Å². The van der Waals surface area contributed by atoms with Crippen molar-refractivity contribution < 1.29 is 4.79 Å². The summed E-state index contributed by atoms with van der Waals surface area (Å²) >= 11 is 6.10. The largest absolute Gasteiger partial charge is 0.350 e. The first-order chi connectivity index (χ1) is 10.7. The Balaban J connectivity index is 1.73. The van der Waals surface area contributed by atoms with E-state index in [4.69, 9.17) is 11.6 Å². The van der Waals surface area contributed by atoms with Gasteiger partial charge < -0.3 is 5.32 Å². The first-order valence-electron chi connectivity index (χ1n) is 7.10. The normalized spacial score (nSPS) is 12.3. The Bertz CT molecular complexity index is 812. The van der Waals surface area contributed by atoms with Crippen molar-refractivity contribution in [3.63, 3.8) is 0 Å². The van der Waals surface area contributed by atoms with Crippen molar-refractivity contribution >= 4 is 28.4 Å². The van der Waals surface area contributed by atoms with Crippen LogP contribution in [0.2, 0.25) is 5.02 Å². The summed E-state index contributed by atoms with van der Waals surface area (Å²) < 4.78 is 1.73. The van der Waals surface area contributed by atoms with Crippen LogP contribution in [-0.2, 0) is 11.3 Å². The molecule has 1 N–H and O–H groups in total. The SMILES string of the molecule is CC(C(=O)NCc1ccccc1Cl)n1ncc2ccccc21. The lowest BCUT2D eigenvalue weighted by Crippen LogP contribution is -2.31. The second-order valence-electron chi connectivity index (χ2n) is 5.13. The Morgan fingerprint density at radius 1 is 1.23 bits per heavy atom. The molecular formula is C17H16ClN3O. The summed E-state index contributed by atoms with van der Waals surface area (Å²) in [4.78, 5) is 12.4. The first kappa shape index (κ1) is 14.6. The van der Waals surface area contributed by atoms with E-state index in [0.717, 1.165) is 16.5 Å². The predicted molar refractivity (Wildman–Crippen MR) is 87.7 cm³/mol. The first-order valence-corrected chi connectivity index (χ1v) is 7.48. The van der Waals surface area contributed by atoms with Crippen molar-refractivity contribution in [3.05, 3.63) is 65.3 Å². The summed E-state index contributed by atoms with van der Waals surface area (Å²) in [6.07, 6.45) is 1.77. The maximum atomic E-state index is 12.4. The van der Waals surface area contributed by atoms with E-state index in [1.165, 1.54) is 0 Å². The van der Waals surface area contributed by atoms with Crippen molar-refractivity contribution in [2.75, 3.05) is 0 Å². The number of nitrogens with one attached hydrogen (secondary N) is 1. The van der Waals surface area contributed by atoms with Gasteiger partial charge in [-0.15, -0.1) is 0 Å². The fourth-order valence-corrected chi connectivity index (χ4v) is 2.59. The van der Waals surface area contributed by atoms with Crippen LogP contribution < -0.4 is 5.32 Å². The summed E-state index contributed by atoms with van der Waals surface area (Å²) in [6, 6.07) is 14.9. The topological polar surface area (TPSA) is 46.9 Å². The van der Waals surface area contributed by atoms with Crippen LogP contribution in [0.5, 0.6) is 0 Å². The van der Waals surface area contributed by atoms with Gasteiger partial charge in [0.25, 0.3) is 0 Å². The van der Waals surface area contributed by atoms with E-state index in [2.05, 4.69) is 10.4 Å². The molecule has 1 aromatic heterocycles. The van der Waals surface area contributed by atoms with E-state index in [9.17, 15) is 4.79 Å². The maximum Gasteiger partial charge on any atom is 0.244 e. The molecule has 1 atom stereocenters. The number of rotatable bonds is 4.